The number of carbonyl (C=O) groups is 1. The molecule has 0 radical (unpaired) electrons. The maximum absolute atomic E-state index is 12.9. The van der Waals surface area contributed by atoms with Crippen LogP contribution in [0.15, 0.2) is 55.0 Å². The van der Waals surface area contributed by atoms with E-state index in [1.807, 2.05) is 36.4 Å². The molecule has 1 aromatic carbocycles. The maximum atomic E-state index is 12.9. The lowest BCUT2D eigenvalue weighted by atomic mass is 10.0. The summed E-state index contributed by atoms with van der Waals surface area (Å²) in [6.45, 7) is 2.94. The molecular formula is C22H22N4O3. The van der Waals surface area contributed by atoms with Gasteiger partial charge in [-0.05, 0) is 18.2 Å². The summed E-state index contributed by atoms with van der Waals surface area (Å²) < 4.78 is 11.6. The highest BCUT2D eigenvalue weighted by atomic mass is 16.7. The van der Waals surface area contributed by atoms with Gasteiger partial charge in [0.25, 0.3) is 5.91 Å². The van der Waals surface area contributed by atoms with Gasteiger partial charge in [0.05, 0.1) is 41.9 Å². The molecule has 0 aliphatic carbocycles. The molecule has 1 spiro atoms. The SMILES string of the molecule is O=C(Nc1cccc2cccnc12)c1cncc(N2CCC3(CC2)OCCO3)c1. The first-order chi connectivity index (χ1) is 14.2. The van der Waals surface area contributed by atoms with Crippen molar-refractivity contribution in [2.45, 2.75) is 18.6 Å². The Hall–Kier alpha value is -3.03. The smallest absolute Gasteiger partial charge is 0.257 e. The molecule has 0 bridgehead atoms. The predicted molar refractivity (Wildman–Crippen MR) is 110 cm³/mol. The molecule has 7 nitrogen and oxygen atoms in total. The lowest BCUT2D eigenvalue weighted by Gasteiger charge is -2.38. The highest BCUT2D eigenvalue weighted by Gasteiger charge is 2.39. The quantitative estimate of drug-likeness (QED) is 0.740. The van der Waals surface area contributed by atoms with Crippen LogP contribution in [-0.2, 0) is 9.47 Å². The third-order valence-electron chi connectivity index (χ3n) is 5.57. The van der Waals surface area contributed by atoms with Gasteiger partial charge >= 0.3 is 0 Å². The molecule has 2 saturated heterocycles. The fourth-order valence-corrected chi connectivity index (χ4v) is 4.02. The summed E-state index contributed by atoms with van der Waals surface area (Å²) in [6, 6.07) is 11.5. The number of nitrogens with one attached hydrogen (secondary N) is 1. The summed E-state index contributed by atoms with van der Waals surface area (Å²) in [5.41, 5.74) is 2.91. The van der Waals surface area contributed by atoms with E-state index >= 15 is 0 Å². The number of rotatable bonds is 3. The van der Waals surface area contributed by atoms with Crippen molar-refractivity contribution < 1.29 is 14.3 Å². The van der Waals surface area contributed by atoms with Crippen LogP contribution in [0.25, 0.3) is 10.9 Å². The van der Waals surface area contributed by atoms with Crippen molar-refractivity contribution >= 4 is 28.2 Å². The topological polar surface area (TPSA) is 76.6 Å². The summed E-state index contributed by atoms with van der Waals surface area (Å²) in [5.74, 6) is -0.617. The first-order valence-corrected chi connectivity index (χ1v) is 9.86. The van der Waals surface area contributed by atoms with Crippen molar-refractivity contribution in [2.75, 3.05) is 36.5 Å². The summed E-state index contributed by atoms with van der Waals surface area (Å²) in [6.07, 6.45) is 6.73. The van der Waals surface area contributed by atoms with Gasteiger partial charge in [-0.2, -0.15) is 0 Å². The molecule has 1 N–H and O–H groups in total. The normalized spacial score (nSPS) is 18.3. The van der Waals surface area contributed by atoms with Crippen molar-refractivity contribution in [3.63, 3.8) is 0 Å². The van der Waals surface area contributed by atoms with Crippen molar-refractivity contribution in [3.05, 3.63) is 60.6 Å². The van der Waals surface area contributed by atoms with E-state index in [0.717, 1.165) is 42.5 Å². The molecule has 148 valence electrons. The Morgan fingerprint density at radius 3 is 2.69 bits per heavy atom. The summed E-state index contributed by atoms with van der Waals surface area (Å²) in [4.78, 5) is 23.8. The number of pyridine rings is 2. The Morgan fingerprint density at radius 2 is 1.86 bits per heavy atom. The van der Waals surface area contributed by atoms with Gasteiger partial charge in [0.15, 0.2) is 5.79 Å². The van der Waals surface area contributed by atoms with Crippen LogP contribution in [0.3, 0.4) is 0 Å². The monoisotopic (exact) mass is 390 g/mol. The standard InChI is InChI=1S/C22H22N4O3/c27-21(25-19-5-1-3-16-4-2-8-24-20(16)19)17-13-18(15-23-14-17)26-9-6-22(7-10-26)28-11-12-29-22/h1-5,8,13-15H,6-7,9-12H2,(H,25,27). The number of fused-ring (bicyclic) bond motifs is 1. The van der Waals surface area contributed by atoms with Crippen LogP contribution in [0.2, 0.25) is 0 Å². The molecule has 2 fully saturated rings. The van der Waals surface area contributed by atoms with Gasteiger partial charge in [-0.3, -0.25) is 14.8 Å². The number of para-hydroxylation sites is 1. The van der Waals surface area contributed by atoms with Gasteiger partial charge in [-0.15, -0.1) is 0 Å². The van der Waals surface area contributed by atoms with Crippen LogP contribution in [0.1, 0.15) is 23.2 Å². The Balaban J connectivity index is 1.32. The number of nitrogens with zero attached hydrogens (tertiary/aromatic N) is 3. The number of benzene rings is 1. The van der Waals surface area contributed by atoms with Crippen molar-refractivity contribution in [1.82, 2.24) is 9.97 Å². The third-order valence-corrected chi connectivity index (χ3v) is 5.57. The molecule has 0 atom stereocenters. The number of hydrogen-bond acceptors (Lipinski definition) is 6. The molecule has 1 amide bonds. The van der Waals surface area contributed by atoms with Crippen molar-refractivity contribution in [1.29, 1.82) is 0 Å². The molecule has 2 aliphatic heterocycles. The van der Waals surface area contributed by atoms with E-state index in [1.165, 1.54) is 0 Å². The second-order valence-corrected chi connectivity index (χ2v) is 7.36. The molecule has 7 heteroatoms. The fourth-order valence-electron chi connectivity index (χ4n) is 4.02. The fraction of sp³-hybridized carbons (Fsp3) is 0.318. The average molecular weight is 390 g/mol. The van der Waals surface area contributed by atoms with E-state index in [2.05, 4.69) is 20.2 Å². The molecule has 2 aromatic heterocycles. The van der Waals surface area contributed by atoms with E-state index in [1.54, 1.807) is 18.6 Å². The molecule has 0 unspecified atom stereocenters. The molecule has 5 rings (SSSR count). The number of piperidine rings is 1. The Morgan fingerprint density at radius 1 is 1.07 bits per heavy atom. The predicted octanol–water partition coefficient (Wildman–Crippen LogP) is 3.23. The largest absolute Gasteiger partial charge is 0.370 e. The average Bonchev–Trinajstić information content (AvgIpc) is 3.22. The molecular weight excluding hydrogens is 368 g/mol. The van der Waals surface area contributed by atoms with Gasteiger partial charge < -0.3 is 19.7 Å². The highest BCUT2D eigenvalue weighted by Crippen LogP contribution is 2.33. The summed E-state index contributed by atoms with van der Waals surface area (Å²) >= 11 is 0. The van der Waals surface area contributed by atoms with E-state index in [-0.39, 0.29) is 5.91 Å². The van der Waals surface area contributed by atoms with E-state index in [4.69, 9.17) is 9.47 Å². The maximum Gasteiger partial charge on any atom is 0.257 e. The van der Waals surface area contributed by atoms with Crippen molar-refractivity contribution in [3.8, 4) is 0 Å². The zero-order valence-electron chi connectivity index (χ0n) is 16.0. The summed E-state index contributed by atoms with van der Waals surface area (Å²) in [5, 5.41) is 3.95. The van der Waals surface area contributed by atoms with E-state index in [9.17, 15) is 4.79 Å². The number of amides is 1. The van der Waals surface area contributed by atoms with Gasteiger partial charge in [0.2, 0.25) is 0 Å². The lowest BCUT2D eigenvalue weighted by molar-refractivity contribution is -0.169. The Labute approximate surface area is 168 Å². The van der Waals surface area contributed by atoms with Gasteiger partial charge in [0.1, 0.15) is 0 Å². The van der Waals surface area contributed by atoms with Crippen LogP contribution >= 0.6 is 0 Å². The van der Waals surface area contributed by atoms with Gasteiger partial charge in [-0.25, -0.2) is 0 Å². The van der Waals surface area contributed by atoms with E-state index in [0.29, 0.717) is 24.5 Å². The second kappa shape index (κ2) is 7.42. The zero-order chi connectivity index (χ0) is 19.7. The van der Waals surface area contributed by atoms with Crippen LogP contribution < -0.4 is 10.2 Å². The first kappa shape index (κ1) is 18.0. The summed E-state index contributed by atoms with van der Waals surface area (Å²) in [7, 11) is 0. The number of ether oxygens (including phenoxy) is 2. The Bertz CT molecular complexity index is 1030. The lowest BCUT2D eigenvalue weighted by Crippen LogP contribution is -2.45. The van der Waals surface area contributed by atoms with Crippen LogP contribution in [-0.4, -0.2) is 48.0 Å². The second-order valence-electron chi connectivity index (χ2n) is 7.36. The molecule has 4 heterocycles. The number of anilines is 2. The van der Waals surface area contributed by atoms with Crippen LogP contribution in [0.4, 0.5) is 11.4 Å². The van der Waals surface area contributed by atoms with Gasteiger partial charge in [0, 0.05) is 43.7 Å². The minimum atomic E-state index is -0.416. The van der Waals surface area contributed by atoms with Crippen LogP contribution in [0.5, 0.6) is 0 Å². The van der Waals surface area contributed by atoms with Gasteiger partial charge in [-0.1, -0.05) is 18.2 Å². The first-order valence-electron chi connectivity index (χ1n) is 9.86. The zero-order valence-corrected chi connectivity index (χ0v) is 16.0. The Kier molecular flexibility index (Phi) is 4.61. The minimum absolute atomic E-state index is 0.201. The number of aromatic nitrogens is 2. The van der Waals surface area contributed by atoms with E-state index < -0.39 is 5.79 Å². The third kappa shape index (κ3) is 3.54. The van der Waals surface area contributed by atoms with Crippen molar-refractivity contribution in [2.24, 2.45) is 0 Å². The van der Waals surface area contributed by atoms with Crippen LogP contribution in [0, 0.1) is 0 Å². The minimum Gasteiger partial charge on any atom is -0.370 e. The molecule has 29 heavy (non-hydrogen) atoms. The molecule has 3 aromatic rings. The number of carbonyl (C=O) groups excluding carboxylic acids is 1. The highest BCUT2D eigenvalue weighted by molar-refractivity contribution is 6.08. The molecule has 2 aliphatic rings. The number of hydrogen-bond donors (Lipinski definition) is 1. The molecule has 0 saturated carbocycles.